The van der Waals surface area contributed by atoms with Gasteiger partial charge in [0, 0.05) is 25.6 Å². The van der Waals surface area contributed by atoms with Crippen LogP contribution in [-0.2, 0) is 28.7 Å². The molecule has 10 nitrogen and oxygen atoms in total. The van der Waals surface area contributed by atoms with Crippen LogP contribution in [0, 0.1) is 11.8 Å². The number of nitrogens with zero attached hydrogens (tertiary/aromatic N) is 2. The molecule has 38 heavy (non-hydrogen) atoms. The number of likely N-dealkylation sites (tertiary alicyclic amines) is 1. The number of aliphatic hydroxyl groups is 1. The van der Waals surface area contributed by atoms with Crippen LogP contribution in [0.1, 0.15) is 59.3 Å². The Kier molecular flexibility index (Phi) is 10.1. The molecule has 1 spiro atoms. The summed E-state index contributed by atoms with van der Waals surface area (Å²) in [4.78, 5) is 56.2. The minimum absolute atomic E-state index is 0.0273. The van der Waals surface area contributed by atoms with Crippen LogP contribution in [-0.4, -0.2) is 94.7 Å². The maximum atomic E-state index is 14.0. The predicted molar refractivity (Wildman–Crippen MR) is 141 cm³/mol. The number of fused-ring (bicyclic) bond motifs is 1. The van der Waals surface area contributed by atoms with Gasteiger partial charge in [-0.3, -0.25) is 19.2 Å². The van der Waals surface area contributed by atoms with Gasteiger partial charge in [0.25, 0.3) is 0 Å². The zero-order valence-corrected chi connectivity index (χ0v) is 22.9. The molecule has 0 aliphatic carbocycles. The molecule has 10 heteroatoms. The van der Waals surface area contributed by atoms with Crippen molar-refractivity contribution in [2.45, 2.75) is 89.2 Å². The largest absolute Gasteiger partial charge is 0.460 e. The first kappa shape index (κ1) is 29.8. The first-order valence-electron chi connectivity index (χ1n) is 13.7. The summed E-state index contributed by atoms with van der Waals surface area (Å²) in [6.45, 7) is 13.2. The van der Waals surface area contributed by atoms with Gasteiger partial charge in [0.1, 0.15) is 17.7 Å². The minimum Gasteiger partial charge on any atom is -0.460 e. The van der Waals surface area contributed by atoms with Crippen LogP contribution in [0.4, 0.5) is 0 Å². The summed E-state index contributed by atoms with van der Waals surface area (Å²) in [5.74, 6) is -3.06. The molecule has 1 unspecified atom stereocenters. The number of ether oxygens (including phenoxy) is 2. The molecule has 2 bridgehead atoms. The Bertz CT molecular complexity index is 924. The van der Waals surface area contributed by atoms with E-state index in [2.05, 4.69) is 18.5 Å². The number of rotatable bonds is 15. The highest BCUT2D eigenvalue weighted by Gasteiger charge is 2.75. The predicted octanol–water partition coefficient (Wildman–Crippen LogP) is 1.57. The molecule has 3 fully saturated rings. The maximum absolute atomic E-state index is 14.0. The summed E-state index contributed by atoms with van der Waals surface area (Å²) in [5, 5.41) is 12.5. The Morgan fingerprint density at radius 1 is 1.32 bits per heavy atom. The molecule has 212 valence electrons. The Morgan fingerprint density at radius 3 is 2.68 bits per heavy atom. The fraction of sp³-hybridized carbons (Fsp3) is 0.714. The fourth-order valence-corrected chi connectivity index (χ4v) is 6.30. The third-order valence-electron chi connectivity index (χ3n) is 7.97. The summed E-state index contributed by atoms with van der Waals surface area (Å²) in [6, 6.07) is -1.01. The summed E-state index contributed by atoms with van der Waals surface area (Å²) in [6.07, 6.45) is 5.72. The Hall–Kier alpha value is -2.72. The van der Waals surface area contributed by atoms with Gasteiger partial charge in [0.15, 0.2) is 0 Å². The average molecular weight is 534 g/mol. The van der Waals surface area contributed by atoms with Gasteiger partial charge in [-0.05, 0) is 39.5 Å². The molecular formula is C28H43N3O7. The molecule has 0 aromatic carbocycles. The van der Waals surface area contributed by atoms with Crippen molar-refractivity contribution in [2.24, 2.45) is 11.8 Å². The van der Waals surface area contributed by atoms with Gasteiger partial charge in [-0.1, -0.05) is 25.5 Å². The quantitative estimate of drug-likeness (QED) is 0.242. The maximum Gasteiger partial charge on any atom is 0.312 e. The molecule has 3 saturated heterocycles. The molecule has 7 atom stereocenters. The van der Waals surface area contributed by atoms with Crippen molar-refractivity contribution < 1.29 is 33.8 Å². The van der Waals surface area contributed by atoms with E-state index < -0.39 is 41.7 Å². The van der Waals surface area contributed by atoms with Crippen molar-refractivity contribution >= 4 is 23.7 Å². The van der Waals surface area contributed by atoms with Crippen molar-refractivity contribution in [2.75, 3.05) is 26.2 Å². The number of hydrogen-bond acceptors (Lipinski definition) is 7. The lowest BCUT2D eigenvalue weighted by Crippen LogP contribution is -2.58. The van der Waals surface area contributed by atoms with Crippen molar-refractivity contribution in [1.29, 1.82) is 0 Å². The second-order valence-electron chi connectivity index (χ2n) is 10.6. The third-order valence-corrected chi connectivity index (χ3v) is 7.97. The lowest BCUT2D eigenvalue weighted by molar-refractivity contribution is -0.159. The van der Waals surface area contributed by atoms with E-state index >= 15 is 0 Å². The molecule has 3 aliphatic rings. The van der Waals surface area contributed by atoms with Crippen molar-refractivity contribution in [1.82, 2.24) is 15.1 Å². The number of β-amino-alcohol motifs (C(OH)–C–C–N with tert-alkyl or cyclic N) is 1. The fourth-order valence-electron chi connectivity index (χ4n) is 6.30. The molecular weight excluding hydrogens is 490 g/mol. The van der Waals surface area contributed by atoms with Crippen molar-refractivity contribution in [3.63, 3.8) is 0 Å². The third kappa shape index (κ3) is 5.66. The summed E-state index contributed by atoms with van der Waals surface area (Å²) in [7, 11) is 0. The molecule has 3 rings (SSSR count). The van der Waals surface area contributed by atoms with Gasteiger partial charge < -0.3 is 29.7 Å². The van der Waals surface area contributed by atoms with Gasteiger partial charge in [0.2, 0.25) is 17.7 Å². The Labute approximate surface area is 225 Å². The lowest BCUT2D eigenvalue weighted by atomic mass is 9.70. The van der Waals surface area contributed by atoms with Crippen LogP contribution in [0.15, 0.2) is 25.3 Å². The second-order valence-corrected chi connectivity index (χ2v) is 10.6. The van der Waals surface area contributed by atoms with E-state index in [-0.39, 0.29) is 43.5 Å². The summed E-state index contributed by atoms with van der Waals surface area (Å²) in [5.41, 5.74) is -1.15. The molecule has 3 aliphatic heterocycles. The SMILES string of the molecule is C=CCCC(=O)NC[C@H](C)OC(=O)[C@@H]1[C@@H]2CC[C@]3(O2)[C@H](C(=O)N(CC=C)C(C)CCC)N(CCO)C(=O)[C@@H]13. The lowest BCUT2D eigenvalue weighted by Gasteiger charge is -2.38. The highest BCUT2D eigenvalue weighted by Crippen LogP contribution is 2.58. The highest BCUT2D eigenvalue weighted by molar-refractivity contribution is 5.98. The number of allylic oxidation sites excluding steroid dienone is 1. The van der Waals surface area contributed by atoms with Gasteiger partial charge in [-0.15, -0.1) is 13.2 Å². The van der Waals surface area contributed by atoms with Crippen molar-refractivity contribution in [3.05, 3.63) is 25.3 Å². The number of carbonyl (C=O) groups is 4. The smallest absolute Gasteiger partial charge is 0.312 e. The normalized spacial score (nSPS) is 28.9. The molecule has 3 amide bonds. The number of hydrogen-bond donors (Lipinski definition) is 2. The van der Waals surface area contributed by atoms with Crippen LogP contribution < -0.4 is 5.32 Å². The van der Waals surface area contributed by atoms with Gasteiger partial charge in [-0.25, -0.2) is 0 Å². The van der Waals surface area contributed by atoms with Crippen LogP contribution in [0.25, 0.3) is 0 Å². The first-order valence-corrected chi connectivity index (χ1v) is 13.7. The van der Waals surface area contributed by atoms with E-state index in [4.69, 9.17) is 9.47 Å². The monoisotopic (exact) mass is 533 g/mol. The zero-order chi connectivity index (χ0) is 28.0. The summed E-state index contributed by atoms with van der Waals surface area (Å²) >= 11 is 0. The van der Waals surface area contributed by atoms with Gasteiger partial charge in [-0.2, -0.15) is 0 Å². The number of carbonyl (C=O) groups excluding carboxylic acids is 4. The topological polar surface area (TPSA) is 125 Å². The highest BCUT2D eigenvalue weighted by atomic mass is 16.6. The Balaban J connectivity index is 1.82. The molecule has 3 heterocycles. The minimum atomic E-state index is -1.15. The van der Waals surface area contributed by atoms with Crippen LogP contribution >= 0.6 is 0 Å². The Morgan fingerprint density at radius 2 is 2.05 bits per heavy atom. The van der Waals surface area contributed by atoms with E-state index in [1.54, 1.807) is 24.0 Å². The first-order chi connectivity index (χ1) is 18.2. The molecule has 2 N–H and O–H groups in total. The molecule has 0 radical (unpaired) electrons. The number of aliphatic hydroxyl groups excluding tert-OH is 1. The molecule has 0 aromatic heterocycles. The average Bonchev–Trinajstić information content (AvgIpc) is 3.52. The van der Waals surface area contributed by atoms with E-state index in [0.29, 0.717) is 32.2 Å². The standard InChI is InChI=1S/C28H43N3O7/c1-6-9-11-21(33)29-17-19(5)37-27(36)22-20-12-13-28(38-20)23(22)25(34)31(15-16-32)24(28)26(35)30(14-8-3)18(4)10-7-2/h6,8,18-20,22-24,32H,1,3,7,9-17H2,2,4-5H3,(H,29,33)/t18?,19-,20-,22+,23+,24-,28+/m0/s1. The summed E-state index contributed by atoms with van der Waals surface area (Å²) < 4.78 is 12.1. The van der Waals surface area contributed by atoms with Crippen LogP contribution in [0.3, 0.4) is 0 Å². The van der Waals surface area contributed by atoms with Crippen molar-refractivity contribution in [3.8, 4) is 0 Å². The molecule has 0 saturated carbocycles. The van der Waals surface area contributed by atoms with E-state index in [1.165, 1.54) is 4.90 Å². The number of esters is 1. The number of nitrogens with one attached hydrogen (secondary N) is 1. The number of amides is 3. The van der Waals surface area contributed by atoms with Crippen LogP contribution in [0.2, 0.25) is 0 Å². The van der Waals surface area contributed by atoms with Gasteiger partial charge >= 0.3 is 5.97 Å². The van der Waals surface area contributed by atoms with Crippen LogP contribution in [0.5, 0.6) is 0 Å². The van der Waals surface area contributed by atoms with E-state index in [1.807, 2.05) is 13.8 Å². The van der Waals surface area contributed by atoms with E-state index in [0.717, 1.165) is 12.8 Å². The van der Waals surface area contributed by atoms with Gasteiger partial charge in [0.05, 0.1) is 31.1 Å². The van der Waals surface area contributed by atoms with E-state index in [9.17, 15) is 24.3 Å². The second kappa shape index (κ2) is 12.9. The molecule has 0 aromatic rings. The zero-order valence-electron chi connectivity index (χ0n) is 22.9.